The summed E-state index contributed by atoms with van der Waals surface area (Å²) in [6, 6.07) is 11.0. The van der Waals surface area contributed by atoms with Gasteiger partial charge in [0.25, 0.3) is 0 Å². The molecule has 2 heterocycles. The highest BCUT2D eigenvalue weighted by atomic mass is 16.5. The fraction of sp³-hybridized carbons (Fsp3) is 0.190. The summed E-state index contributed by atoms with van der Waals surface area (Å²) in [5, 5.41) is 13.3. The molecule has 0 saturated carbocycles. The third kappa shape index (κ3) is 2.57. The van der Waals surface area contributed by atoms with E-state index >= 15 is 0 Å². The van der Waals surface area contributed by atoms with Gasteiger partial charge >= 0.3 is 0 Å². The van der Waals surface area contributed by atoms with Gasteiger partial charge in [0.05, 0.1) is 19.7 Å². The zero-order valence-electron chi connectivity index (χ0n) is 15.0. The van der Waals surface area contributed by atoms with Crippen LogP contribution in [0.25, 0.3) is 17.0 Å². The highest BCUT2D eigenvalue weighted by Crippen LogP contribution is 2.38. The first-order valence-electron chi connectivity index (χ1n) is 8.56. The predicted octanol–water partition coefficient (Wildman–Crippen LogP) is 1.51. The van der Waals surface area contributed by atoms with Gasteiger partial charge in [-0.15, -0.1) is 0 Å². The van der Waals surface area contributed by atoms with Crippen LogP contribution >= 0.6 is 0 Å². The van der Waals surface area contributed by atoms with Crippen LogP contribution in [0.2, 0.25) is 0 Å². The van der Waals surface area contributed by atoms with Crippen molar-refractivity contribution in [2.45, 2.75) is 6.54 Å². The Balaban J connectivity index is 1.80. The SMILES string of the molecule is Cn1cc(/C=C2/Oc3c(ccc([O-])c3C[NH+](C)C)C2=O)c2ccccc21. The number of nitrogens with zero attached hydrogens (tertiary/aromatic N) is 1. The third-order valence-corrected chi connectivity index (χ3v) is 4.64. The molecule has 0 saturated heterocycles. The molecule has 1 aliphatic rings. The lowest BCUT2D eigenvalue weighted by Gasteiger charge is -2.17. The Morgan fingerprint density at radius 2 is 1.96 bits per heavy atom. The quantitative estimate of drug-likeness (QED) is 0.730. The van der Waals surface area contributed by atoms with E-state index in [4.69, 9.17) is 4.74 Å². The van der Waals surface area contributed by atoms with E-state index in [0.717, 1.165) is 21.4 Å². The summed E-state index contributed by atoms with van der Waals surface area (Å²) in [4.78, 5) is 13.9. The molecule has 1 N–H and O–H groups in total. The Bertz CT molecular complexity index is 1060. The molecule has 132 valence electrons. The van der Waals surface area contributed by atoms with Crippen LogP contribution in [0.5, 0.6) is 11.5 Å². The molecule has 5 heteroatoms. The molecule has 0 unspecified atom stereocenters. The Morgan fingerprint density at radius 3 is 2.73 bits per heavy atom. The molecule has 2 aromatic carbocycles. The predicted molar refractivity (Wildman–Crippen MR) is 98.3 cm³/mol. The van der Waals surface area contributed by atoms with Crippen LogP contribution in [0.15, 0.2) is 48.4 Å². The van der Waals surface area contributed by atoms with E-state index < -0.39 is 0 Å². The maximum absolute atomic E-state index is 12.8. The average Bonchev–Trinajstić information content (AvgIpc) is 3.09. The van der Waals surface area contributed by atoms with Gasteiger partial charge in [0.2, 0.25) is 5.78 Å². The minimum atomic E-state index is -0.178. The molecule has 0 spiro atoms. The molecule has 4 rings (SSSR count). The molecule has 0 amide bonds. The average molecular weight is 348 g/mol. The van der Waals surface area contributed by atoms with Gasteiger partial charge in [-0.3, -0.25) is 4.79 Å². The summed E-state index contributed by atoms with van der Waals surface area (Å²) in [6.07, 6.45) is 3.74. The van der Waals surface area contributed by atoms with Gasteiger partial charge in [0.1, 0.15) is 12.3 Å². The van der Waals surface area contributed by atoms with E-state index in [9.17, 15) is 9.90 Å². The lowest BCUT2D eigenvalue weighted by Crippen LogP contribution is -3.04. The molecule has 3 aromatic rings. The number of benzene rings is 2. The van der Waals surface area contributed by atoms with Crippen molar-refractivity contribution in [1.29, 1.82) is 0 Å². The molecule has 0 fully saturated rings. The fourth-order valence-electron chi connectivity index (χ4n) is 3.44. The zero-order chi connectivity index (χ0) is 18.4. The number of quaternary nitrogens is 1. The number of para-hydroxylation sites is 1. The van der Waals surface area contributed by atoms with Crippen LogP contribution in [-0.2, 0) is 13.6 Å². The first-order chi connectivity index (χ1) is 12.5. The Hall–Kier alpha value is -3.05. The lowest BCUT2D eigenvalue weighted by atomic mass is 10.0. The maximum Gasteiger partial charge on any atom is 0.231 e. The van der Waals surface area contributed by atoms with Crippen molar-refractivity contribution in [3.8, 4) is 11.5 Å². The van der Waals surface area contributed by atoms with Crippen molar-refractivity contribution in [3.63, 3.8) is 0 Å². The van der Waals surface area contributed by atoms with Gasteiger partial charge in [0.15, 0.2) is 5.76 Å². The van der Waals surface area contributed by atoms with E-state index in [1.54, 1.807) is 12.1 Å². The summed E-state index contributed by atoms with van der Waals surface area (Å²) in [5.41, 5.74) is 3.02. The van der Waals surface area contributed by atoms with Gasteiger partial charge < -0.3 is 19.3 Å². The standard InChI is InChI=1S/C21H20N2O3/c1-22(2)12-16-18(24)9-8-15-20(25)19(26-21(15)16)10-13-11-23(3)17-7-5-4-6-14(13)17/h4-11,24H,12H2,1-3H3/b19-10+. The molecule has 1 aromatic heterocycles. The van der Waals surface area contributed by atoms with Gasteiger partial charge in [-0.2, -0.15) is 0 Å². The molecule has 26 heavy (non-hydrogen) atoms. The maximum atomic E-state index is 12.8. The van der Waals surface area contributed by atoms with Crippen molar-refractivity contribution >= 4 is 22.8 Å². The molecular formula is C21H20N2O3. The van der Waals surface area contributed by atoms with Crippen LogP contribution in [0, 0.1) is 0 Å². The van der Waals surface area contributed by atoms with Crippen LogP contribution in [0.4, 0.5) is 0 Å². The number of hydrogen-bond donors (Lipinski definition) is 1. The molecule has 0 atom stereocenters. The second-order valence-electron chi connectivity index (χ2n) is 6.96. The molecule has 0 bridgehead atoms. The van der Waals surface area contributed by atoms with Gasteiger partial charge in [0, 0.05) is 35.3 Å². The first kappa shape index (κ1) is 16.4. The Kier molecular flexibility index (Phi) is 3.81. The third-order valence-electron chi connectivity index (χ3n) is 4.64. The second kappa shape index (κ2) is 6.04. The molecule has 0 radical (unpaired) electrons. The molecule has 1 aliphatic heterocycles. The number of aryl methyl sites for hydroxylation is 1. The molecule has 5 nitrogen and oxygen atoms in total. The zero-order valence-corrected chi connectivity index (χ0v) is 15.0. The normalized spacial score (nSPS) is 15.1. The highest BCUT2D eigenvalue weighted by molar-refractivity contribution is 6.15. The number of allylic oxidation sites excluding steroid dienone is 1. The number of carbonyl (C=O) groups excluding carboxylic acids is 1. The van der Waals surface area contributed by atoms with E-state index in [2.05, 4.69) is 0 Å². The minimum absolute atomic E-state index is 0.0934. The smallest absolute Gasteiger partial charge is 0.231 e. The van der Waals surface area contributed by atoms with Crippen molar-refractivity contribution in [2.75, 3.05) is 14.1 Å². The van der Waals surface area contributed by atoms with Gasteiger partial charge in [-0.05, 0) is 18.2 Å². The van der Waals surface area contributed by atoms with E-state index in [1.807, 2.05) is 56.2 Å². The summed E-state index contributed by atoms with van der Waals surface area (Å²) in [5.74, 6) is 0.402. The van der Waals surface area contributed by atoms with Crippen LogP contribution in [-0.4, -0.2) is 24.4 Å². The fourth-order valence-corrected chi connectivity index (χ4v) is 3.44. The number of carbonyl (C=O) groups is 1. The molecule has 0 aliphatic carbocycles. The van der Waals surface area contributed by atoms with Crippen molar-refractivity contribution in [1.82, 2.24) is 4.57 Å². The van der Waals surface area contributed by atoms with Crippen LogP contribution < -0.4 is 14.7 Å². The largest absolute Gasteiger partial charge is 0.872 e. The number of ether oxygens (including phenoxy) is 1. The molecular weight excluding hydrogens is 328 g/mol. The lowest BCUT2D eigenvalue weighted by molar-refractivity contribution is -0.872. The number of hydrogen-bond acceptors (Lipinski definition) is 3. The monoisotopic (exact) mass is 348 g/mol. The van der Waals surface area contributed by atoms with E-state index in [0.29, 0.717) is 23.4 Å². The number of fused-ring (bicyclic) bond motifs is 2. The van der Waals surface area contributed by atoms with Crippen LogP contribution in [0.3, 0.4) is 0 Å². The first-order valence-corrected chi connectivity index (χ1v) is 8.56. The minimum Gasteiger partial charge on any atom is -0.872 e. The van der Waals surface area contributed by atoms with Gasteiger partial charge in [-0.25, -0.2) is 0 Å². The Labute approximate surface area is 151 Å². The van der Waals surface area contributed by atoms with Crippen molar-refractivity contribution in [3.05, 3.63) is 65.0 Å². The topological polar surface area (TPSA) is 58.7 Å². The second-order valence-corrected chi connectivity index (χ2v) is 6.96. The van der Waals surface area contributed by atoms with Crippen LogP contribution in [0.1, 0.15) is 21.5 Å². The number of ketones is 1. The summed E-state index contributed by atoms with van der Waals surface area (Å²) < 4.78 is 7.90. The number of aromatic nitrogens is 1. The summed E-state index contributed by atoms with van der Waals surface area (Å²) in [6.45, 7) is 0.511. The van der Waals surface area contributed by atoms with E-state index in [1.165, 1.54) is 6.07 Å². The summed E-state index contributed by atoms with van der Waals surface area (Å²) >= 11 is 0. The Morgan fingerprint density at radius 1 is 1.19 bits per heavy atom. The van der Waals surface area contributed by atoms with E-state index in [-0.39, 0.29) is 17.3 Å². The van der Waals surface area contributed by atoms with Crippen molar-refractivity contribution in [2.24, 2.45) is 7.05 Å². The number of Topliss-reactive ketones (excluding diaryl/α,β-unsaturated/α-hetero) is 1. The summed E-state index contributed by atoms with van der Waals surface area (Å²) in [7, 11) is 5.89. The number of nitrogens with one attached hydrogen (secondary N) is 1. The van der Waals surface area contributed by atoms with Crippen molar-refractivity contribution < 1.29 is 19.5 Å². The van der Waals surface area contributed by atoms with Gasteiger partial charge in [-0.1, -0.05) is 30.0 Å². The highest BCUT2D eigenvalue weighted by Gasteiger charge is 2.30. The number of rotatable bonds is 3.